The summed E-state index contributed by atoms with van der Waals surface area (Å²) < 4.78 is 5.21. The van der Waals surface area contributed by atoms with Crippen molar-refractivity contribution >= 4 is 5.97 Å². The predicted molar refractivity (Wildman–Crippen MR) is 57.1 cm³/mol. The van der Waals surface area contributed by atoms with Crippen molar-refractivity contribution in [2.75, 3.05) is 0 Å². The fourth-order valence-electron chi connectivity index (χ4n) is 2.20. The predicted octanol–water partition coefficient (Wildman–Crippen LogP) is 2.12. The summed E-state index contributed by atoms with van der Waals surface area (Å²) in [5.41, 5.74) is 1.97. The SMILES string of the molecule is C=C(C)[C@H]1C[C@H]2OO[C@@H]1C(OC(C)=O)=C2C. The molecule has 0 N–H and O–H groups in total. The molecule has 1 saturated heterocycles. The fourth-order valence-corrected chi connectivity index (χ4v) is 2.20. The van der Waals surface area contributed by atoms with Crippen LogP contribution in [0.4, 0.5) is 0 Å². The van der Waals surface area contributed by atoms with Crippen LogP contribution in [-0.4, -0.2) is 18.2 Å². The van der Waals surface area contributed by atoms with Crippen molar-refractivity contribution in [2.45, 2.75) is 39.4 Å². The molecule has 0 aromatic rings. The van der Waals surface area contributed by atoms with Crippen molar-refractivity contribution in [1.82, 2.24) is 0 Å². The van der Waals surface area contributed by atoms with Crippen LogP contribution in [0.25, 0.3) is 0 Å². The highest BCUT2D eigenvalue weighted by atomic mass is 17.2. The lowest BCUT2D eigenvalue weighted by Crippen LogP contribution is -2.45. The number of esters is 1. The maximum Gasteiger partial charge on any atom is 0.307 e. The topological polar surface area (TPSA) is 44.8 Å². The van der Waals surface area contributed by atoms with Gasteiger partial charge in [0.15, 0.2) is 6.10 Å². The van der Waals surface area contributed by atoms with Gasteiger partial charge in [0, 0.05) is 12.8 Å². The number of hydrogen-bond donors (Lipinski definition) is 0. The van der Waals surface area contributed by atoms with Crippen molar-refractivity contribution in [3.63, 3.8) is 0 Å². The summed E-state index contributed by atoms with van der Waals surface area (Å²) in [6.45, 7) is 9.19. The van der Waals surface area contributed by atoms with Crippen LogP contribution >= 0.6 is 0 Å². The van der Waals surface area contributed by atoms with E-state index in [1.54, 1.807) is 0 Å². The molecule has 0 aromatic carbocycles. The zero-order chi connectivity index (χ0) is 11.9. The molecule has 3 atom stereocenters. The summed E-state index contributed by atoms with van der Waals surface area (Å²) in [6, 6.07) is 0. The molecular formula is C12H16O4. The highest BCUT2D eigenvalue weighted by Crippen LogP contribution is 2.42. The molecule has 4 heteroatoms. The molecule has 0 spiro atoms. The Morgan fingerprint density at radius 1 is 1.44 bits per heavy atom. The number of ether oxygens (including phenoxy) is 1. The maximum absolute atomic E-state index is 11.0. The van der Waals surface area contributed by atoms with E-state index in [1.807, 2.05) is 13.8 Å². The van der Waals surface area contributed by atoms with Crippen LogP contribution in [0.3, 0.4) is 0 Å². The van der Waals surface area contributed by atoms with E-state index in [0.717, 1.165) is 17.6 Å². The van der Waals surface area contributed by atoms with Crippen molar-refractivity contribution in [3.8, 4) is 0 Å². The lowest BCUT2D eigenvalue weighted by atomic mass is 9.80. The minimum Gasteiger partial charge on any atom is -0.428 e. The van der Waals surface area contributed by atoms with Crippen LogP contribution in [0, 0.1) is 5.92 Å². The van der Waals surface area contributed by atoms with E-state index in [2.05, 4.69) is 6.58 Å². The minimum atomic E-state index is -0.328. The molecule has 88 valence electrons. The first-order chi connectivity index (χ1) is 7.50. The minimum absolute atomic E-state index is 0.124. The van der Waals surface area contributed by atoms with Crippen molar-refractivity contribution in [2.24, 2.45) is 5.92 Å². The molecule has 0 radical (unpaired) electrons. The molecule has 2 bridgehead atoms. The van der Waals surface area contributed by atoms with Crippen LogP contribution in [0.5, 0.6) is 0 Å². The van der Waals surface area contributed by atoms with E-state index in [4.69, 9.17) is 14.5 Å². The highest BCUT2D eigenvalue weighted by Gasteiger charge is 2.45. The van der Waals surface area contributed by atoms with E-state index in [0.29, 0.717) is 5.76 Å². The van der Waals surface area contributed by atoms with Gasteiger partial charge in [0.05, 0.1) is 0 Å². The smallest absolute Gasteiger partial charge is 0.307 e. The van der Waals surface area contributed by atoms with Gasteiger partial charge in [0.1, 0.15) is 11.9 Å². The normalized spacial score (nSPS) is 32.8. The van der Waals surface area contributed by atoms with Gasteiger partial charge < -0.3 is 4.74 Å². The van der Waals surface area contributed by atoms with Crippen LogP contribution in [0.2, 0.25) is 0 Å². The van der Waals surface area contributed by atoms with Crippen LogP contribution in [0.1, 0.15) is 27.2 Å². The first kappa shape index (κ1) is 11.4. The third-order valence-electron chi connectivity index (χ3n) is 3.13. The van der Waals surface area contributed by atoms with E-state index in [-0.39, 0.29) is 24.1 Å². The first-order valence-corrected chi connectivity index (χ1v) is 5.37. The summed E-state index contributed by atoms with van der Waals surface area (Å²) >= 11 is 0. The second-order valence-electron chi connectivity index (χ2n) is 4.43. The van der Waals surface area contributed by atoms with Gasteiger partial charge in [-0.25, -0.2) is 9.78 Å². The molecule has 1 fully saturated rings. The van der Waals surface area contributed by atoms with Crippen molar-refractivity contribution in [1.29, 1.82) is 0 Å². The Kier molecular flexibility index (Phi) is 2.86. The number of carbonyl (C=O) groups excluding carboxylic acids is 1. The largest absolute Gasteiger partial charge is 0.428 e. The van der Waals surface area contributed by atoms with Crippen molar-refractivity contribution in [3.05, 3.63) is 23.5 Å². The van der Waals surface area contributed by atoms with E-state index in [1.165, 1.54) is 6.92 Å². The molecule has 0 saturated carbocycles. The van der Waals surface area contributed by atoms with Crippen LogP contribution < -0.4 is 0 Å². The molecule has 0 aromatic heterocycles. The van der Waals surface area contributed by atoms with E-state index in [9.17, 15) is 4.79 Å². The lowest BCUT2D eigenvalue weighted by Gasteiger charge is -2.42. The van der Waals surface area contributed by atoms with Gasteiger partial charge in [-0.05, 0) is 25.8 Å². The van der Waals surface area contributed by atoms with Crippen LogP contribution in [-0.2, 0) is 19.3 Å². The molecule has 2 aliphatic heterocycles. The standard InChI is InChI=1S/C12H16O4/c1-6(2)9-5-10-7(3)11(14-8(4)13)12(9)16-15-10/h9-10,12H,1,5H2,2-4H3/t9-,10-,12+/m1/s1. The lowest BCUT2D eigenvalue weighted by molar-refractivity contribution is -0.382. The monoisotopic (exact) mass is 224 g/mol. The zero-order valence-corrected chi connectivity index (χ0v) is 9.78. The molecule has 4 nitrogen and oxygen atoms in total. The average molecular weight is 224 g/mol. The van der Waals surface area contributed by atoms with Gasteiger partial charge in [-0.15, -0.1) is 0 Å². The Balaban J connectivity index is 2.30. The molecule has 1 aliphatic carbocycles. The Morgan fingerprint density at radius 2 is 2.12 bits per heavy atom. The zero-order valence-electron chi connectivity index (χ0n) is 9.78. The molecule has 16 heavy (non-hydrogen) atoms. The van der Waals surface area contributed by atoms with Gasteiger partial charge >= 0.3 is 5.97 Å². The number of hydrogen-bond acceptors (Lipinski definition) is 4. The average Bonchev–Trinajstić information content (AvgIpc) is 2.22. The van der Waals surface area contributed by atoms with Gasteiger partial charge in [0.25, 0.3) is 0 Å². The van der Waals surface area contributed by atoms with Crippen molar-refractivity contribution < 1.29 is 19.3 Å². The molecule has 0 amide bonds. The Hall–Kier alpha value is -1.13. The second-order valence-corrected chi connectivity index (χ2v) is 4.43. The Labute approximate surface area is 94.8 Å². The number of fused-ring (bicyclic) bond motifs is 2. The molecular weight excluding hydrogens is 208 g/mol. The molecule has 3 rings (SSSR count). The van der Waals surface area contributed by atoms with E-state index < -0.39 is 0 Å². The quantitative estimate of drug-likeness (QED) is 0.409. The number of carbonyl (C=O) groups is 1. The summed E-state index contributed by atoms with van der Waals surface area (Å²) in [5, 5.41) is 0. The summed E-state index contributed by atoms with van der Waals surface area (Å²) in [4.78, 5) is 21.5. The summed E-state index contributed by atoms with van der Waals surface area (Å²) in [5.74, 6) is 0.436. The second kappa shape index (κ2) is 4.03. The fraction of sp³-hybridized carbons (Fsp3) is 0.583. The van der Waals surface area contributed by atoms with Gasteiger partial charge in [-0.3, -0.25) is 4.79 Å². The third kappa shape index (κ3) is 1.79. The molecule has 2 heterocycles. The Bertz CT molecular complexity index is 369. The Morgan fingerprint density at radius 3 is 2.69 bits per heavy atom. The van der Waals surface area contributed by atoms with E-state index >= 15 is 0 Å². The molecule has 3 aliphatic rings. The van der Waals surface area contributed by atoms with Gasteiger partial charge in [-0.2, -0.15) is 0 Å². The van der Waals surface area contributed by atoms with Gasteiger partial charge in [0.2, 0.25) is 0 Å². The van der Waals surface area contributed by atoms with Gasteiger partial charge in [-0.1, -0.05) is 12.2 Å². The maximum atomic E-state index is 11.0. The molecule has 0 unspecified atom stereocenters. The third-order valence-corrected chi connectivity index (χ3v) is 3.13. The highest BCUT2D eigenvalue weighted by molar-refractivity contribution is 5.67. The first-order valence-electron chi connectivity index (χ1n) is 5.37. The summed E-state index contributed by atoms with van der Waals surface area (Å²) in [7, 11) is 0. The number of rotatable bonds is 2. The summed E-state index contributed by atoms with van der Waals surface area (Å²) in [6.07, 6.45) is 0.392. The van der Waals surface area contributed by atoms with Crippen LogP contribution in [0.15, 0.2) is 23.5 Å².